The topological polar surface area (TPSA) is 91.7 Å². The van der Waals surface area contributed by atoms with Crippen LogP contribution in [0.5, 0.6) is 5.75 Å². The van der Waals surface area contributed by atoms with Crippen LogP contribution in [-0.4, -0.2) is 44.7 Å². The summed E-state index contributed by atoms with van der Waals surface area (Å²) in [6, 6.07) is 14.7. The summed E-state index contributed by atoms with van der Waals surface area (Å²) in [6.07, 6.45) is 1.06. The number of aromatic nitrogens is 1. The second-order valence-electron chi connectivity index (χ2n) is 7.12. The van der Waals surface area contributed by atoms with Crippen LogP contribution in [-0.2, 0) is 14.6 Å². The molecule has 7 nitrogen and oxygen atoms in total. The summed E-state index contributed by atoms with van der Waals surface area (Å²) in [5.41, 5.74) is 2.98. The first-order valence-corrected chi connectivity index (χ1v) is 11.3. The van der Waals surface area contributed by atoms with Crippen molar-refractivity contribution in [2.45, 2.75) is 18.7 Å². The Bertz CT molecular complexity index is 1240. The fourth-order valence-electron chi connectivity index (χ4n) is 3.32. The normalized spacial score (nSPS) is 11.2. The fraction of sp³-hybridized carbons (Fsp3) is 0.217. The number of ether oxygens (including phenoxy) is 2. The Labute approximate surface area is 181 Å². The summed E-state index contributed by atoms with van der Waals surface area (Å²) in [5, 5.41) is 0. The molecule has 1 aromatic heterocycles. The average molecular weight is 442 g/mol. The third-order valence-electron chi connectivity index (χ3n) is 4.89. The third kappa shape index (κ3) is 4.86. The lowest BCUT2D eigenvalue weighted by atomic mass is 10.1. The molecule has 0 saturated heterocycles. The van der Waals surface area contributed by atoms with E-state index in [1.807, 2.05) is 42.7 Å². The van der Waals surface area contributed by atoms with Gasteiger partial charge in [-0.05, 0) is 62.4 Å². The van der Waals surface area contributed by atoms with Crippen LogP contribution in [0.4, 0.5) is 0 Å². The van der Waals surface area contributed by atoms with Crippen LogP contribution in [0, 0.1) is 13.8 Å². The standard InChI is InChI=1S/C23H23NO6S/c1-15-12-21(16(2)24(15)18-8-10-19(29-3)11-9-18)22(25)14-30-23(26)17-6-5-7-20(13-17)31(4,27)28/h5-13H,14H2,1-4H3. The third-order valence-corrected chi connectivity index (χ3v) is 6.00. The maximum atomic E-state index is 12.7. The molecule has 0 spiro atoms. The Morgan fingerprint density at radius 3 is 2.29 bits per heavy atom. The maximum Gasteiger partial charge on any atom is 0.338 e. The summed E-state index contributed by atoms with van der Waals surface area (Å²) in [4.78, 5) is 25.0. The van der Waals surface area contributed by atoms with Crippen molar-refractivity contribution in [1.82, 2.24) is 4.57 Å². The van der Waals surface area contributed by atoms with Crippen molar-refractivity contribution in [3.63, 3.8) is 0 Å². The maximum absolute atomic E-state index is 12.7. The molecule has 0 saturated carbocycles. The van der Waals surface area contributed by atoms with Gasteiger partial charge in [0.1, 0.15) is 5.75 Å². The highest BCUT2D eigenvalue weighted by molar-refractivity contribution is 7.90. The molecule has 162 valence electrons. The van der Waals surface area contributed by atoms with Gasteiger partial charge in [0.25, 0.3) is 0 Å². The first kappa shape index (κ1) is 22.3. The summed E-state index contributed by atoms with van der Waals surface area (Å²) in [6.45, 7) is 3.26. The molecule has 31 heavy (non-hydrogen) atoms. The van der Waals surface area contributed by atoms with Crippen molar-refractivity contribution in [1.29, 1.82) is 0 Å². The van der Waals surface area contributed by atoms with E-state index in [2.05, 4.69) is 0 Å². The van der Waals surface area contributed by atoms with Gasteiger partial charge in [0.2, 0.25) is 5.78 Å². The first-order chi connectivity index (χ1) is 14.6. The van der Waals surface area contributed by atoms with Gasteiger partial charge in [-0.15, -0.1) is 0 Å². The first-order valence-electron chi connectivity index (χ1n) is 9.45. The Morgan fingerprint density at radius 2 is 1.68 bits per heavy atom. The second kappa shape index (κ2) is 8.77. The molecule has 0 aliphatic heterocycles. The van der Waals surface area contributed by atoms with E-state index in [0.29, 0.717) is 5.56 Å². The smallest absolute Gasteiger partial charge is 0.338 e. The zero-order valence-corrected chi connectivity index (χ0v) is 18.5. The highest BCUT2D eigenvalue weighted by atomic mass is 32.2. The predicted octanol–water partition coefficient (Wildman–Crippen LogP) is 3.55. The van der Waals surface area contributed by atoms with Crippen LogP contribution < -0.4 is 4.74 Å². The van der Waals surface area contributed by atoms with E-state index in [9.17, 15) is 18.0 Å². The van der Waals surface area contributed by atoms with Crippen molar-refractivity contribution in [3.8, 4) is 11.4 Å². The number of carbonyl (C=O) groups excluding carboxylic acids is 2. The summed E-state index contributed by atoms with van der Waals surface area (Å²) >= 11 is 0. The van der Waals surface area contributed by atoms with Gasteiger partial charge in [0.15, 0.2) is 16.4 Å². The van der Waals surface area contributed by atoms with Crippen molar-refractivity contribution < 1.29 is 27.5 Å². The lowest BCUT2D eigenvalue weighted by Gasteiger charge is -2.11. The molecule has 0 aliphatic rings. The Kier molecular flexibility index (Phi) is 6.31. The van der Waals surface area contributed by atoms with Crippen LogP contribution in [0.25, 0.3) is 5.69 Å². The average Bonchev–Trinajstić information content (AvgIpc) is 3.05. The predicted molar refractivity (Wildman–Crippen MR) is 116 cm³/mol. The molecule has 0 unspecified atom stereocenters. The molecule has 1 heterocycles. The number of ketones is 1. The lowest BCUT2D eigenvalue weighted by Crippen LogP contribution is -2.15. The Hall–Kier alpha value is -3.39. The molecule has 0 aliphatic carbocycles. The van der Waals surface area contributed by atoms with Gasteiger partial charge in [-0.1, -0.05) is 6.07 Å². The number of methoxy groups -OCH3 is 1. The molecule has 3 aromatic rings. The quantitative estimate of drug-likeness (QED) is 0.411. The fourth-order valence-corrected chi connectivity index (χ4v) is 3.99. The molecule has 0 radical (unpaired) electrons. The molecule has 2 aromatic carbocycles. The summed E-state index contributed by atoms with van der Waals surface area (Å²) in [5.74, 6) is -0.377. The van der Waals surface area contributed by atoms with Gasteiger partial charge in [-0.3, -0.25) is 4.79 Å². The molecule has 0 fully saturated rings. The van der Waals surface area contributed by atoms with Crippen molar-refractivity contribution in [2.75, 3.05) is 20.0 Å². The van der Waals surface area contributed by atoms with Gasteiger partial charge in [-0.25, -0.2) is 13.2 Å². The summed E-state index contributed by atoms with van der Waals surface area (Å²) < 4.78 is 35.6. The van der Waals surface area contributed by atoms with E-state index in [1.165, 1.54) is 24.3 Å². The van der Waals surface area contributed by atoms with Crippen molar-refractivity contribution >= 4 is 21.6 Å². The van der Waals surface area contributed by atoms with Crippen molar-refractivity contribution in [2.24, 2.45) is 0 Å². The molecule has 0 amide bonds. The highest BCUT2D eigenvalue weighted by Gasteiger charge is 2.19. The molecule has 8 heteroatoms. The largest absolute Gasteiger partial charge is 0.497 e. The van der Waals surface area contributed by atoms with Crippen LogP contribution in [0.3, 0.4) is 0 Å². The monoisotopic (exact) mass is 441 g/mol. The minimum absolute atomic E-state index is 0.0105. The minimum Gasteiger partial charge on any atom is -0.497 e. The van der Waals surface area contributed by atoms with E-state index in [4.69, 9.17) is 9.47 Å². The molecule has 0 atom stereocenters. The highest BCUT2D eigenvalue weighted by Crippen LogP contribution is 2.23. The number of Topliss-reactive ketones (excluding diaryl/α,β-unsaturated/α-hetero) is 1. The van der Waals surface area contributed by atoms with Gasteiger partial charge >= 0.3 is 5.97 Å². The van der Waals surface area contributed by atoms with E-state index < -0.39 is 22.4 Å². The number of sulfone groups is 1. The lowest BCUT2D eigenvalue weighted by molar-refractivity contribution is 0.0474. The number of nitrogens with zero attached hydrogens (tertiary/aromatic N) is 1. The molecular weight excluding hydrogens is 418 g/mol. The Morgan fingerprint density at radius 1 is 1.00 bits per heavy atom. The van der Waals surface area contributed by atoms with E-state index in [1.54, 1.807) is 13.2 Å². The van der Waals surface area contributed by atoms with Crippen LogP contribution in [0.2, 0.25) is 0 Å². The van der Waals surface area contributed by atoms with Crippen LogP contribution in [0.1, 0.15) is 32.1 Å². The molecular formula is C23H23NO6S. The minimum atomic E-state index is -3.46. The van der Waals surface area contributed by atoms with Gasteiger partial charge < -0.3 is 14.0 Å². The van der Waals surface area contributed by atoms with Gasteiger partial charge in [0.05, 0.1) is 17.6 Å². The number of benzene rings is 2. The number of rotatable bonds is 7. The van der Waals surface area contributed by atoms with Crippen molar-refractivity contribution in [3.05, 3.63) is 77.1 Å². The zero-order valence-electron chi connectivity index (χ0n) is 17.7. The molecule has 3 rings (SSSR count). The Balaban J connectivity index is 1.76. The van der Waals surface area contributed by atoms with Gasteiger partial charge in [-0.2, -0.15) is 0 Å². The van der Waals surface area contributed by atoms with Crippen LogP contribution >= 0.6 is 0 Å². The van der Waals surface area contributed by atoms with Crippen LogP contribution in [0.15, 0.2) is 59.5 Å². The number of esters is 1. The zero-order chi connectivity index (χ0) is 22.8. The number of carbonyl (C=O) groups is 2. The SMILES string of the molecule is COc1ccc(-n2c(C)cc(C(=O)COC(=O)c3cccc(S(C)(=O)=O)c3)c2C)cc1. The second-order valence-corrected chi connectivity index (χ2v) is 9.13. The van der Waals surface area contributed by atoms with Gasteiger partial charge in [0, 0.05) is 28.9 Å². The number of hydrogen-bond acceptors (Lipinski definition) is 6. The van der Waals surface area contributed by atoms with E-state index >= 15 is 0 Å². The summed E-state index contributed by atoms with van der Waals surface area (Å²) in [7, 11) is -1.86. The number of aryl methyl sites for hydroxylation is 1. The van der Waals surface area contributed by atoms with E-state index in [-0.39, 0.29) is 16.2 Å². The molecule has 0 N–H and O–H groups in total. The molecule has 0 bridgehead atoms. The number of hydrogen-bond donors (Lipinski definition) is 0. The van der Waals surface area contributed by atoms with E-state index in [0.717, 1.165) is 29.1 Å².